The lowest BCUT2D eigenvalue weighted by atomic mass is 9.96. The van der Waals surface area contributed by atoms with Crippen LogP contribution in [0.25, 0.3) is 5.57 Å². The smallest absolute Gasteiger partial charge is 0.288 e. The van der Waals surface area contributed by atoms with Crippen LogP contribution in [0.15, 0.2) is 67.0 Å². The number of anilines is 3. The van der Waals surface area contributed by atoms with E-state index in [9.17, 15) is 19.1 Å². The summed E-state index contributed by atoms with van der Waals surface area (Å²) in [6, 6.07) is 10.6. The highest BCUT2D eigenvalue weighted by Gasteiger charge is 2.17. The maximum absolute atomic E-state index is 13.8. The summed E-state index contributed by atoms with van der Waals surface area (Å²) < 4.78 is 13.8. The molecule has 2 heterocycles. The van der Waals surface area contributed by atoms with Crippen LogP contribution in [-0.2, 0) is 4.79 Å². The average molecular weight is 504 g/mol. The van der Waals surface area contributed by atoms with Crippen molar-refractivity contribution in [2.75, 3.05) is 29.2 Å². The SMILES string of the molecule is CC(=O)CNc1nc(NNC(=O)c2ccc(N(C)C3C=CC(c4cccc(O)c4)=CC3)cn2)ncc1F. The monoisotopic (exact) mass is 503 g/mol. The van der Waals surface area contributed by atoms with Gasteiger partial charge in [0.05, 0.1) is 30.7 Å². The van der Waals surface area contributed by atoms with Crippen molar-refractivity contribution < 1.29 is 19.1 Å². The molecule has 1 amide bonds. The van der Waals surface area contributed by atoms with Crippen LogP contribution in [-0.4, -0.2) is 51.4 Å². The molecule has 10 nitrogen and oxygen atoms in total. The van der Waals surface area contributed by atoms with Crippen LogP contribution in [0.2, 0.25) is 0 Å². The Kier molecular flexibility index (Phi) is 7.72. The molecule has 11 heteroatoms. The molecule has 0 bridgehead atoms. The maximum atomic E-state index is 13.8. The molecule has 1 aromatic carbocycles. The topological polar surface area (TPSA) is 132 Å². The summed E-state index contributed by atoms with van der Waals surface area (Å²) in [7, 11) is 1.95. The molecule has 0 fully saturated rings. The van der Waals surface area contributed by atoms with Gasteiger partial charge in [-0.25, -0.2) is 14.4 Å². The summed E-state index contributed by atoms with van der Waals surface area (Å²) in [4.78, 5) is 37.5. The van der Waals surface area contributed by atoms with Gasteiger partial charge in [0.2, 0.25) is 5.95 Å². The van der Waals surface area contributed by atoms with Gasteiger partial charge in [0.25, 0.3) is 5.91 Å². The van der Waals surface area contributed by atoms with E-state index in [2.05, 4.69) is 48.2 Å². The number of hydrogen-bond acceptors (Lipinski definition) is 9. The number of hydrazine groups is 1. The number of pyridine rings is 1. The summed E-state index contributed by atoms with van der Waals surface area (Å²) in [6.07, 6.45) is 9.54. The molecule has 0 saturated heterocycles. The van der Waals surface area contributed by atoms with Crippen molar-refractivity contribution in [2.24, 2.45) is 0 Å². The van der Waals surface area contributed by atoms with Gasteiger partial charge in [0.15, 0.2) is 11.6 Å². The Balaban J connectivity index is 1.33. The molecule has 0 aliphatic heterocycles. The molecule has 4 rings (SSSR count). The molecule has 0 radical (unpaired) electrons. The first-order chi connectivity index (χ1) is 17.8. The molecule has 37 heavy (non-hydrogen) atoms. The van der Waals surface area contributed by atoms with Crippen molar-refractivity contribution in [2.45, 2.75) is 19.4 Å². The number of likely N-dealkylation sites (N-methyl/N-ethyl adjacent to an activating group) is 1. The normalized spacial score (nSPS) is 14.5. The first-order valence-corrected chi connectivity index (χ1v) is 11.5. The number of nitrogens with one attached hydrogen (secondary N) is 3. The van der Waals surface area contributed by atoms with E-state index in [1.54, 1.807) is 30.5 Å². The van der Waals surface area contributed by atoms with Gasteiger partial charge in [0.1, 0.15) is 17.2 Å². The van der Waals surface area contributed by atoms with E-state index in [4.69, 9.17) is 0 Å². The quantitative estimate of drug-likeness (QED) is 0.325. The number of benzene rings is 1. The lowest BCUT2D eigenvalue weighted by Crippen LogP contribution is -2.32. The first kappa shape index (κ1) is 25.3. The number of aromatic hydroxyl groups is 1. The van der Waals surface area contributed by atoms with E-state index >= 15 is 0 Å². The third-order valence-corrected chi connectivity index (χ3v) is 5.68. The molecule has 1 aliphatic carbocycles. The number of carbonyl (C=O) groups excluding carboxylic acids is 2. The van der Waals surface area contributed by atoms with E-state index in [1.165, 1.54) is 6.92 Å². The number of hydrogen-bond donors (Lipinski definition) is 4. The minimum Gasteiger partial charge on any atom is -0.508 e. The Bertz CT molecular complexity index is 1360. The molecule has 4 N–H and O–H groups in total. The number of Topliss-reactive ketones (excluding diaryl/α,β-unsaturated/α-hetero) is 1. The third kappa shape index (κ3) is 6.45. The number of phenols is 1. The van der Waals surface area contributed by atoms with Crippen molar-refractivity contribution in [3.05, 3.63) is 84.1 Å². The van der Waals surface area contributed by atoms with Crippen LogP contribution in [0, 0.1) is 5.82 Å². The van der Waals surface area contributed by atoms with Gasteiger partial charge < -0.3 is 15.3 Å². The lowest BCUT2D eigenvalue weighted by Gasteiger charge is -2.29. The molecule has 0 saturated carbocycles. The summed E-state index contributed by atoms with van der Waals surface area (Å²) in [5.41, 5.74) is 7.92. The fraction of sp³-hybridized carbons (Fsp3) is 0.192. The van der Waals surface area contributed by atoms with E-state index < -0.39 is 11.7 Å². The molecular weight excluding hydrogens is 477 g/mol. The second-order valence-electron chi connectivity index (χ2n) is 8.41. The number of phenolic OH excluding ortho intramolecular Hbond substituents is 1. The van der Waals surface area contributed by atoms with Gasteiger partial charge in [-0.05, 0) is 48.7 Å². The van der Waals surface area contributed by atoms with Gasteiger partial charge >= 0.3 is 0 Å². The summed E-state index contributed by atoms with van der Waals surface area (Å²) in [5.74, 6) is -1.43. The minimum absolute atomic E-state index is 0.0561. The van der Waals surface area contributed by atoms with E-state index in [-0.39, 0.29) is 41.6 Å². The Hall–Kier alpha value is -4.80. The van der Waals surface area contributed by atoms with Gasteiger partial charge in [-0.15, -0.1) is 0 Å². The zero-order valence-electron chi connectivity index (χ0n) is 20.3. The highest BCUT2D eigenvalue weighted by atomic mass is 19.1. The Morgan fingerprint density at radius 3 is 2.70 bits per heavy atom. The second-order valence-corrected chi connectivity index (χ2v) is 8.41. The van der Waals surface area contributed by atoms with Crippen molar-refractivity contribution in [3.8, 4) is 5.75 Å². The van der Waals surface area contributed by atoms with Crippen molar-refractivity contribution in [1.29, 1.82) is 0 Å². The number of carbonyl (C=O) groups is 2. The number of ketones is 1. The number of allylic oxidation sites excluding steroid dienone is 2. The van der Waals surface area contributed by atoms with Crippen LogP contribution < -0.4 is 21.1 Å². The van der Waals surface area contributed by atoms with Crippen molar-refractivity contribution in [3.63, 3.8) is 0 Å². The zero-order valence-corrected chi connectivity index (χ0v) is 20.3. The fourth-order valence-electron chi connectivity index (χ4n) is 3.65. The van der Waals surface area contributed by atoms with Crippen molar-refractivity contribution >= 4 is 34.7 Å². The number of rotatable bonds is 9. The summed E-state index contributed by atoms with van der Waals surface area (Å²) >= 11 is 0. The third-order valence-electron chi connectivity index (χ3n) is 5.68. The highest BCUT2D eigenvalue weighted by molar-refractivity contribution is 5.93. The predicted molar refractivity (Wildman–Crippen MR) is 139 cm³/mol. The van der Waals surface area contributed by atoms with Crippen LogP contribution >= 0.6 is 0 Å². The molecule has 3 aromatic rings. The van der Waals surface area contributed by atoms with E-state index in [1.807, 2.05) is 25.3 Å². The first-order valence-electron chi connectivity index (χ1n) is 11.5. The molecular formula is C26H26FN7O3. The van der Waals surface area contributed by atoms with Gasteiger partial charge in [-0.1, -0.05) is 30.4 Å². The molecule has 0 spiro atoms. The van der Waals surface area contributed by atoms with Crippen LogP contribution in [0.5, 0.6) is 5.75 Å². The Morgan fingerprint density at radius 1 is 1.19 bits per heavy atom. The van der Waals surface area contributed by atoms with E-state index in [0.717, 1.165) is 29.4 Å². The average Bonchev–Trinajstić information content (AvgIpc) is 2.91. The van der Waals surface area contributed by atoms with Gasteiger partial charge in [-0.2, -0.15) is 4.98 Å². The standard InChI is InChI=1S/C26H26FN7O3/c1-16(35)13-29-24-22(27)15-30-26(31-24)33-32-25(37)23-11-10-20(14-28-23)34(2)19-8-6-17(7-9-19)18-4-3-5-21(36)12-18/h3-8,10-12,14-15,19,36H,9,13H2,1-2H3,(H,32,37)(H2,29,30,31,33). The van der Waals surface area contributed by atoms with Crippen LogP contribution in [0.4, 0.5) is 21.8 Å². The molecule has 2 aromatic heterocycles. The van der Waals surface area contributed by atoms with Crippen molar-refractivity contribution in [1.82, 2.24) is 20.4 Å². The Labute approximate surface area is 212 Å². The molecule has 1 aliphatic rings. The summed E-state index contributed by atoms with van der Waals surface area (Å²) in [5, 5.41) is 12.3. The maximum Gasteiger partial charge on any atom is 0.288 e. The molecule has 1 atom stereocenters. The highest BCUT2D eigenvalue weighted by Crippen LogP contribution is 2.27. The fourth-order valence-corrected chi connectivity index (χ4v) is 3.65. The largest absolute Gasteiger partial charge is 0.508 e. The summed E-state index contributed by atoms with van der Waals surface area (Å²) in [6.45, 7) is 1.27. The number of aromatic nitrogens is 3. The lowest BCUT2D eigenvalue weighted by molar-refractivity contribution is -0.115. The minimum atomic E-state index is -0.724. The predicted octanol–water partition coefficient (Wildman–Crippen LogP) is 3.32. The molecule has 190 valence electrons. The number of amides is 1. The van der Waals surface area contributed by atoms with Gasteiger partial charge in [-0.3, -0.25) is 20.4 Å². The van der Waals surface area contributed by atoms with Gasteiger partial charge in [0, 0.05) is 7.05 Å². The number of nitrogens with zero attached hydrogens (tertiary/aromatic N) is 4. The second kappa shape index (κ2) is 11.3. The van der Waals surface area contributed by atoms with Crippen LogP contribution in [0.3, 0.4) is 0 Å². The zero-order chi connectivity index (χ0) is 26.4. The molecule has 1 unspecified atom stereocenters. The number of halogens is 1. The van der Waals surface area contributed by atoms with Crippen LogP contribution in [0.1, 0.15) is 29.4 Å². The van der Waals surface area contributed by atoms with E-state index in [0.29, 0.717) is 0 Å². The Morgan fingerprint density at radius 2 is 2.03 bits per heavy atom.